The summed E-state index contributed by atoms with van der Waals surface area (Å²) < 4.78 is 5.69. The Morgan fingerprint density at radius 1 is 1.21 bits per heavy atom. The number of rotatable bonds is 4. The van der Waals surface area contributed by atoms with Crippen molar-refractivity contribution in [1.82, 2.24) is 15.0 Å². The Hall–Kier alpha value is -2.74. The van der Waals surface area contributed by atoms with Crippen molar-refractivity contribution in [2.24, 2.45) is 0 Å². The predicted molar refractivity (Wildman–Crippen MR) is 115 cm³/mol. The van der Waals surface area contributed by atoms with Crippen LogP contribution in [-0.2, 0) is 4.74 Å². The van der Waals surface area contributed by atoms with Crippen LogP contribution in [0.1, 0.15) is 35.3 Å². The van der Waals surface area contributed by atoms with E-state index in [2.05, 4.69) is 20.3 Å². The number of carbonyl (C=O) groups excluding carboxylic acids is 1. The summed E-state index contributed by atoms with van der Waals surface area (Å²) in [5, 5.41) is 6.10. The summed E-state index contributed by atoms with van der Waals surface area (Å²) in [6, 6.07) is 13.0. The van der Waals surface area contributed by atoms with Gasteiger partial charge in [0.25, 0.3) is 5.91 Å². The molecule has 29 heavy (non-hydrogen) atoms. The third kappa shape index (κ3) is 3.76. The molecule has 1 unspecified atom stereocenters. The zero-order valence-electron chi connectivity index (χ0n) is 15.3. The van der Waals surface area contributed by atoms with Crippen molar-refractivity contribution in [1.29, 1.82) is 0 Å². The number of thiazole rings is 1. The molecule has 1 aliphatic rings. The highest BCUT2D eigenvalue weighted by atomic mass is 35.5. The Kier molecular flexibility index (Phi) is 4.79. The minimum Gasteiger partial charge on any atom is -0.370 e. The normalized spacial score (nSPS) is 16.4. The van der Waals surface area contributed by atoms with Crippen LogP contribution in [0.3, 0.4) is 0 Å². The summed E-state index contributed by atoms with van der Waals surface area (Å²) in [7, 11) is 0. The second-order valence-electron chi connectivity index (χ2n) is 6.85. The number of carbonyl (C=O) groups is 1. The molecule has 1 amide bonds. The lowest BCUT2D eigenvalue weighted by molar-refractivity contribution is 0.102. The Morgan fingerprint density at radius 2 is 2.07 bits per heavy atom. The van der Waals surface area contributed by atoms with E-state index in [1.807, 2.05) is 42.5 Å². The lowest BCUT2D eigenvalue weighted by Gasteiger charge is -2.03. The van der Waals surface area contributed by atoms with Crippen LogP contribution in [-0.4, -0.2) is 27.5 Å². The minimum atomic E-state index is -0.250. The molecule has 1 fully saturated rings. The van der Waals surface area contributed by atoms with Gasteiger partial charge in [0, 0.05) is 28.3 Å². The number of nitrogens with zero attached hydrogens (tertiary/aromatic N) is 2. The van der Waals surface area contributed by atoms with E-state index >= 15 is 0 Å². The van der Waals surface area contributed by atoms with Crippen molar-refractivity contribution in [3.8, 4) is 10.6 Å². The van der Waals surface area contributed by atoms with Gasteiger partial charge < -0.3 is 15.0 Å². The number of benzene rings is 2. The number of aromatic amines is 1. The van der Waals surface area contributed by atoms with Crippen molar-refractivity contribution in [3.63, 3.8) is 0 Å². The Morgan fingerprint density at radius 3 is 2.86 bits per heavy atom. The first kappa shape index (κ1) is 18.3. The second-order valence-corrected chi connectivity index (χ2v) is 8.15. The van der Waals surface area contributed by atoms with Gasteiger partial charge in [0.1, 0.15) is 22.6 Å². The van der Waals surface area contributed by atoms with Gasteiger partial charge in [0.2, 0.25) is 0 Å². The largest absolute Gasteiger partial charge is 0.370 e. The third-order valence-electron chi connectivity index (χ3n) is 4.82. The fraction of sp³-hybridized carbons (Fsp3) is 0.190. The van der Waals surface area contributed by atoms with Crippen molar-refractivity contribution in [3.05, 3.63) is 64.4 Å². The lowest BCUT2D eigenvalue weighted by atomic mass is 10.2. The third-order valence-corrected chi connectivity index (χ3v) is 5.96. The van der Waals surface area contributed by atoms with Crippen LogP contribution in [0, 0.1) is 0 Å². The summed E-state index contributed by atoms with van der Waals surface area (Å²) in [5.74, 6) is 0.591. The van der Waals surface area contributed by atoms with Crippen LogP contribution >= 0.6 is 22.9 Å². The molecule has 1 aliphatic heterocycles. The van der Waals surface area contributed by atoms with Crippen LogP contribution < -0.4 is 5.32 Å². The van der Waals surface area contributed by atoms with Crippen LogP contribution in [0.25, 0.3) is 21.6 Å². The van der Waals surface area contributed by atoms with Crippen LogP contribution in [0.2, 0.25) is 5.02 Å². The number of hydrogen-bond donors (Lipinski definition) is 2. The number of fused-ring (bicyclic) bond motifs is 1. The molecule has 2 aromatic heterocycles. The first-order valence-corrected chi connectivity index (χ1v) is 10.6. The smallest absolute Gasteiger partial charge is 0.275 e. The minimum absolute atomic E-state index is 0.0294. The van der Waals surface area contributed by atoms with E-state index in [9.17, 15) is 4.79 Å². The Balaban J connectivity index is 1.33. The van der Waals surface area contributed by atoms with Crippen molar-refractivity contribution in [2.45, 2.75) is 18.9 Å². The molecular weight excluding hydrogens is 408 g/mol. The first-order valence-electron chi connectivity index (χ1n) is 9.30. The number of amides is 1. The molecule has 1 atom stereocenters. The van der Waals surface area contributed by atoms with Gasteiger partial charge in [0.05, 0.1) is 11.0 Å². The highest BCUT2D eigenvalue weighted by Gasteiger charge is 2.21. The van der Waals surface area contributed by atoms with Crippen molar-refractivity contribution < 1.29 is 9.53 Å². The fourth-order valence-electron chi connectivity index (χ4n) is 3.35. The van der Waals surface area contributed by atoms with Crippen molar-refractivity contribution in [2.75, 3.05) is 11.9 Å². The molecule has 146 valence electrons. The molecule has 0 spiro atoms. The van der Waals surface area contributed by atoms with E-state index in [1.165, 1.54) is 11.3 Å². The molecule has 4 aromatic rings. The molecule has 0 aliphatic carbocycles. The topological polar surface area (TPSA) is 79.9 Å². The van der Waals surface area contributed by atoms with E-state index in [0.717, 1.165) is 46.9 Å². The van der Waals surface area contributed by atoms with Gasteiger partial charge in [0.15, 0.2) is 0 Å². The maximum Gasteiger partial charge on any atom is 0.275 e. The van der Waals surface area contributed by atoms with Crippen LogP contribution in [0.4, 0.5) is 5.69 Å². The Labute approximate surface area is 175 Å². The lowest BCUT2D eigenvalue weighted by Crippen LogP contribution is -2.12. The molecule has 0 bridgehead atoms. The van der Waals surface area contributed by atoms with E-state index in [4.69, 9.17) is 16.3 Å². The average Bonchev–Trinajstić information content (AvgIpc) is 3.47. The SMILES string of the molecule is O=C(Nc1ccc2nc(C3CCCO3)[nH]c2c1)c1csc(-c2ccc(Cl)cc2)n1. The summed E-state index contributed by atoms with van der Waals surface area (Å²) in [6.45, 7) is 0.772. The molecule has 5 rings (SSSR count). The summed E-state index contributed by atoms with van der Waals surface area (Å²) in [5.41, 5.74) is 3.72. The van der Waals surface area contributed by atoms with E-state index in [0.29, 0.717) is 16.4 Å². The van der Waals surface area contributed by atoms with Gasteiger partial charge in [-0.15, -0.1) is 11.3 Å². The number of H-pyrrole nitrogens is 1. The number of imidazole rings is 1. The molecule has 1 saturated heterocycles. The zero-order chi connectivity index (χ0) is 19.8. The molecule has 6 nitrogen and oxygen atoms in total. The fourth-order valence-corrected chi connectivity index (χ4v) is 4.28. The summed E-state index contributed by atoms with van der Waals surface area (Å²) >= 11 is 7.35. The maximum absolute atomic E-state index is 12.6. The van der Waals surface area contributed by atoms with Gasteiger partial charge in [-0.3, -0.25) is 4.79 Å². The number of anilines is 1. The molecule has 2 N–H and O–H groups in total. The average molecular weight is 425 g/mol. The van der Waals surface area contributed by atoms with Gasteiger partial charge in [-0.1, -0.05) is 23.7 Å². The van der Waals surface area contributed by atoms with Crippen LogP contribution in [0.5, 0.6) is 0 Å². The molecule has 3 heterocycles. The number of hydrogen-bond acceptors (Lipinski definition) is 5. The quantitative estimate of drug-likeness (QED) is 0.457. The summed E-state index contributed by atoms with van der Waals surface area (Å²) in [4.78, 5) is 25.0. The van der Waals surface area contributed by atoms with Crippen LogP contribution in [0.15, 0.2) is 47.8 Å². The highest BCUT2D eigenvalue weighted by Crippen LogP contribution is 2.29. The standard InChI is InChI=1S/C21H17ClN4O2S/c22-13-5-3-12(4-6-13)21-26-17(11-29-21)20(27)23-14-7-8-15-16(10-14)25-19(24-15)18-2-1-9-28-18/h3-8,10-11,18H,1-2,9H2,(H,23,27)(H,24,25). The Bertz CT molecular complexity index is 1180. The number of aromatic nitrogens is 3. The number of halogens is 1. The van der Waals surface area contributed by atoms with Gasteiger partial charge in [-0.25, -0.2) is 9.97 Å². The number of nitrogens with one attached hydrogen (secondary N) is 2. The predicted octanol–water partition coefficient (Wildman–Crippen LogP) is 5.44. The molecule has 8 heteroatoms. The maximum atomic E-state index is 12.6. The molecular formula is C21H17ClN4O2S. The summed E-state index contributed by atoms with van der Waals surface area (Å²) in [6.07, 6.45) is 2.06. The highest BCUT2D eigenvalue weighted by molar-refractivity contribution is 7.13. The monoisotopic (exact) mass is 424 g/mol. The van der Waals surface area contributed by atoms with Gasteiger partial charge in [-0.2, -0.15) is 0 Å². The van der Waals surface area contributed by atoms with E-state index in [-0.39, 0.29) is 12.0 Å². The first-order chi connectivity index (χ1) is 14.2. The van der Waals surface area contributed by atoms with Gasteiger partial charge in [-0.05, 0) is 43.2 Å². The van der Waals surface area contributed by atoms with E-state index < -0.39 is 0 Å². The second kappa shape index (κ2) is 7.59. The number of ether oxygens (including phenoxy) is 1. The van der Waals surface area contributed by atoms with E-state index in [1.54, 1.807) is 5.38 Å². The molecule has 0 saturated carbocycles. The molecule has 2 aromatic carbocycles. The zero-order valence-corrected chi connectivity index (χ0v) is 16.9. The van der Waals surface area contributed by atoms with Gasteiger partial charge >= 0.3 is 0 Å². The van der Waals surface area contributed by atoms with Crippen molar-refractivity contribution >= 4 is 45.6 Å². The molecule has 0 radical (unpaired) electrons.